The van der Waals surface area contributed by atoms with Gasteiger partial charge in [-0.05, 0) is 56.3 Å². The number of rotatable bonds is 6. The van der Waals surface area contributed by atoms with Gasteiger partial charge in [-0.25, -0.2) is 4.98 Å². The van der Waals surface area contributed by atoms with Gasteiger partial charge in [0.15, 0.2) is 5.13 Å². The van der Waals surface area contributed by atoms with Gasteiger partial charge in [-0.15, -0.1) is 11.3 Å². The minimum Gasteiger partial charge on any atom is -0.396 e. The van der Waals surface area contributed by atoms with E-state index >= 15 is 0 Å². The van der Waals surface area contributed by atoms with Gasteiger partial charge in [0.05, 0.1) is 18.4 Å². The molecule has 32 heavy (non-hydrogen) atoms. The zero-order valence-corrected chi connectivity index (χ0v) is 19.8. The monoisotopic (exact) mass is 461 g/mol. The van der Waals surface area contributed by atoms with E-state index in [0.717, 1.165) is 49.1 Å². The Labute approximate surface area is 193 Å². The highest BCUT2D eigenvalue weighted by Gasteiger charge is 2.59. The van der Waals surface area contributed by atoms with Crippen LogP contribution in [0, 0.1) is 22.7 Å². The molecule has 2 amide bonds. The summed E-state index contributed by atoms with van der Waals surface area (Å²) in [7, 11) is 0. The predicted molar refractivity (Wildman–Crippen MR) is 122 cm³/mol. The minimum atomic E-state index is -0.630. The normalized spacial score (nSPS) is 36.6. The Morgan fingerprint density at radius 1 is 1.19 bits per heavy atom. The summed E-state index contributed by atoms with van der Waals surface area (Å²) >= 11 is 1.50. The maximum absolute atomic E-state index is 12.9. The Hall–Kier alpha value is -1.51. The molecule has 1 aromatic rings. The number of aliphatic hydroxyl groups excluding tert-OH is 2. The SMILES string of the molecule is C[C@]1(CO)[C@H]2Cc3sc(NC(=O)C4CCC4)nc3[C@@H](CC(=O)NC3CC3)[C@]2(C)CC[C@H]1O. The summed E-state index contributed by atoms with van der Waals surface area (Å²) in [4.78, 5) is 31.4. The Bertz CT molecular complexity index is 911. The molecule has 4 N–H and O–H groups in total. The summed E-state index contributed by atoms with van der Waals surface area (Å²) < 4.78 is 0. The molecule has 0 unspecified atom stereocenters. The number of carbonyl (C=O) groups is 2. The lowest BCUT2D eigenvalue weighted by molar-refractivity contribution is -0.144. The van der Waals surface area contributed by atoms with Crippen LogP contribution in [0.3, 0.4) is 0 Å². The molecule has 3 fully saturated rings. The first-order chi connectivity index (χ1) is 15.2. The molecular weight excluding hydrogens is 426 g/mol. The van der Waals surface area contributed by atoms with E-state index in [-0.39, 0.29) is 41.6 Å². The van der Waals surface area contributed by atoms with Crippen LogP contribution >= 0.6 is 11.3 Å². The van der Waals surface area contributed by atoms with Gasteiger partial charge in [0.2, 0.25) is 11.8 Å². The van der Waals surface area contributed by atoms with E-state index in [9.17, 15) is 19.8 Å². The maximum Gasteiger partial charge on any atom is 0.229 e. The van der Waals surface area contributed by atoms with E-state index in [2.05, 4.69) is 17.6 Å². The second-order valence-electron chi connectivity index (χ2n) is 11.0. The molecule has 4 aliphatic rings. The number of aliphatic hydroxyl groups is 2. The zero-order valence-electron chi connectivity index (χ0n) is 19.0. The van der Waals surface area contributed by atoms with Gasteiger partial charge in [0, 0.05) is 34.6 Å². The van der Waals surface area contributed by atoms with Crippen molar-refractivity contribution in [2.75, 3.05) is 11.9 Å². The van der Waals surface area contributed by atoms with Crippen LogP contribution in [0.25, 0.3) is 0 Å². The van der Waals surface area contributed by atoms with Gasteiger partial charge in [-0.1, -0.05) is 20.3 Å². The van der Waals surface area contributed by atoms with Crippen molar-refractivity contribution in [1.29, 1.82) is 0 Å². The number of hydrogen-bond acceptors (Lipinski definition) is 6. The average Bonchev–Trinajstić information content (AvgIpc) is 3.42. The van der Waals surface area contributed by atoms with Crippen molar-refractivity contribution >= 4 is 28.3 Å². The first kappa shape index (κ1) is 22.3. The molecule has 0 spiro atoms. The number of hydrogen-bond donors (Lipinski definition) is 4. The molecule has 1 heterocycles. The van der Waals surface area contributed by atoms with Gasteiger partial charge in [0.25, 0.3) is 0 Å². The fraction of sp³-hybridized carbons (Fsp3) is 0.792. The number of nitrogens with zero attached hydrogens (tertiary/aromatic N) is 1. The Kier molecular flexibility index (Phi) is 5.62. The number of aromatic nitrogens is 1. The zero-order chi connectivity index (χ0) is 22.7. The molecule has 0 bridgehead atoms. The predicted octanol–water partition coefficient (Wildman–Crippen LogP) is 2.97. The molecule has 0 radical (unpaired) electrons. The molecule has 0 aromatic carbocycles. The van der Waals surface area contributed by atoms with Crippen LogP contribution in [0.15, 0.2) is 0 Å². The van der Waals surface area contributed by atoms with Crippen molar-refractivity contribution in [3.8, 4) is 0 Å². The molecule has 7 nitrogen and oxygen atoms in total. The van der Waals surface area contributed by atoms with Crippen LogP contribution in [-0.2, 0) is 16.0 Å². The summed E-state index contributed by atoms with van der Waals surface area (Å²) in [5, 5.41) is 27.9. The highest BCUT2D eigenvalue weighted by molar-refractivity contribution is 7.15. The molecule has 4 aliphatic carbocycles. The lowest BCUT2D eigenvalue weighted by atomic mass is 9.47. The molecule has 1 aromatic heterocycles. The Morgan fingerprint density at radius 2 is 1.94 bits per heavy atom. The molecule has 176 valence electrons. The first-order valence-electron chi connectivity index (χ1n) is 12.1. The lowest BCUT2D eigenvalue weighted by Crippen LogP contribution is -2.57. The largest absolute Gasteiger partial charge is 0.396 e. The number of anilines is 1. The number of amides is 2. The molecule has 8 heteroatoms. The van der Waals surface area contributed by atoms with Gasteiger partial charge in [-0.2, -0.15) is 0 Å². The Morgan fingerprint density at radius 3 is 2.56 bits per heavy atom. The van der Waals surface area contributed by atoms with Gasteiger partial charge in [-0.3, -0.25) is 9.59 Å². The smallest absolute Gasteiger partial charge is 0.229 e. The average molecular weight is 462 g/mol. The second-order valence-corrected chi connectivity index (χ2v) is 12.1. The molecule has 5 rings (SSSR count). The van der Waals surface area contributed by atoms with Crippen molar-refractivity contribution in [2.45, 2.75) is 89.7 Å². The van der Waals surface area contributed by atoms with Crippen LogP contribution in [-0.4, -0.2) is 45.8 Å². The standard InChI is InChI=1S/C24H35N3O4S/c1-23-9-8-18(29)24(2,12-28)17(23)11-16-20(15(23)10-19(30)25-14-6-7-14)26-22(32-16)27-21(31)13-4-3-5-13/h13-15,17-18,28-29H,3-12H2,1-2H3,(H,25,30)(H,26,27,31)/t15-,17+,18-,23+,24+/m1/s1. The van der Waals surface area contributed by atoms with E-state index in [0.29, 0.717) is 30.4 Å². The summed E-state index contributed by atoms with van der Waals surface area (Å²) in [6.07, 6.45) is 6.96. The van der Waals surface area contributed by atoms with E-state index in [1.807, 2.05) is 6.92 Å². The second kappa shape index (κ2) is 8.06. The van der Waals surface area contributed by atoms with Crippen molar-refractivity contribution in [3.05, 3.63) is 10.6 Å². The number of thiazole rings is 1. The topological polar surface area (TPSA) is 112 Å². The van der Waals surface area contributed by atoms with Crippen LogP contribution in [0.2, 0.25) is 0 Å². The third-order valence-corrected chi connectivity index (χ3v) is 9.94. The number of fused-ring (bicyclic) bond motifs is 2. The fourth-order valence-electron chi connectivity index (χ4n) is 6.28. The van der Waals surface area contributed by atoms with Gasteiger partial charge in [0.1, 0.15) is 0 Å². The van der Waals surface area contributed by atoms with E-state index < -0.39 is 11.5 Å². The quantitative estimate of drug-likeness (QED) is 0.520. The highest BCUT2D eigenvalue weighted by atomic mass is 32.1. The summed E-state index contributed by atoms with van der Waals surface area (Å²) in [5.41, 5.74) is 0.0451. The first-order valence-corrected chi connectivity index (χ1v) is 12.9. The lowest BCUT2D eigenvalue weighted by Gasteiger charge is -2.58. The fourth-order valence-corrected chi connectivity index (χ4v) is 7.35. The van der Waals surface area contributed by atoms with Crippen LogP contribution < -0.4 is 10.6 Å². The number of nitrogens with one attached hydrogen (secondary N) is 2. The molecule has 0 aliphatic heterocycles. The van der Waals surface area contributed by atoms with Crippen LogP contribution in [0.4, 0.5) is 5.13 Å². The third-order valence-electron chi connectivity index (χ3n) is 8.93. The van der Waals surface area contributed by atoms with Gasteiger partial charge >= 0.3 is 0 Å². The van der Waals surface area contributed by atoms with Crippen molar-refractivity contribution < 1.29 is 19.8 Å². The van der Waals surface area contributed by atoms with Crippen molar-refractivity contribution in [2.24, 2.45) is 22.7 Å². The minimum absolute atomic E-state index is 0.0330. The van der Waals surface area contributed by atoms with E-state index in [1.165, 1.54) is 11.3 Å². The van der Waals surface area contributed by atoms with Crippen molar-refractivity contribution in [1.82, 2.24) is 10.3 Å². The molecule has 0 saturated heterocycles. The van der Waals surface area contributed by atoms with Gasteiger partial charge < -0.3 is 20.8 Å². The van der Waals surface area contributed by atoms with Crippen molar-refractivity contribution in [3.63, 3.8) is 0 Å². The Balaban J connectivity index is 1.48. The van der Waals surface area contributed by atoms with Crippen LogP contribution in [0.1, 0.15) is 81.7 Å². The summed E-state index contributed by atoms with van der Waals surface area (Å²) in [5.74, 6) is 0.119. The van der Waals surface area contributed by atoms with E-state index in [1.54, 1.807) is 0 Å². The third kappa shape index (κ3) is 3.68. The van der Waals surface area contributed by atoms with Crippen LogP contribution in [0.5, 0.6) is 0 Å². The molecule has 3 saturated carbocycles. The number of carbonyl (C=O) groups excluding carboxylic acids is 2. The summed E-state index contributed by atoms with van der Waals surface area (Å²) in [6, 6.07) is 0.304. The summed E-state index contributed by atoms with van der Waals surface area (Å²) in [6.45, 7) is 4.10. The highest BCUT2D eigenvalue weighted by Crippen LogP contribution is 2.62. The maximum atomic E-state index is 12.9. The molecular formula is C24H35N3O4S. The van der Waals surface area contributed by atoms with E-state index in [4.69, 9.17) is 4.98 Å². The molecule has 5 atom stereocenters.